The van der Waals surface area contributed by atoms with Crippen LogP contribution in [-0.4, -0.2) is 36.0 Å². The van der Waals surface area contributed by atoms with Crippen LogP contribution in [-0.2, 0) is 10.5 Å². The molecule has 0 radical (unpaired) electrons. The Kier molecular flexibility index (Phi) is 4.49. The van der Waals surface area contributed by atoms with Crippen LogP contribution in [0.2, 0.25) is 0 Å². The first kappa shape index (κ1) is 13.2. The van der Waals surface area contributed by atoms with Gasteiger partial charge in [-0.1, -0.05) is 12.1 Å². The van der Waals surface area contributed by atoms with E-state index in [0.717, 1.165) is 18.0 Å². The van der Waals surface area contributed by atoms with Crippen LogP contribution in [0.5, 0.6) is 5.75 Å². The molecule has 1 aromatic rings. The second kappa shape index (κ2) is 6.11. The third-order valence-corrected chi connectivity index (χ3v) is 4.36. The summed E-state index contributed by atoms with van der Waals surface area (Å²) < 4.78 is 5.11. The number of carboxylic acids is 1. The number of nitrogens with one attached hydrogen (secondary N) is 1. The van der Waals surface area contributed by atoms with Crippen molar-refractivity contribution in [3.05, 3.63) is 29.8 Å². The molecule has 98 valence electrons. The molecule has 2 N–H and O–H groups in total. The number of benzene rings is 1. The van der Waals surface area contributed by atoms with E-state index in [4.69, 9.17) is 9.84 Å². The van der Waals surface area contributed by atoms with Gasteiger partial charge in [0.1, 0.15) is 11.8 Å². The molecule has 1 saturated heterocycles. The van der Waals surface area contributed by atoms with E-state index >= 15 is 0 Å². The van der Waals surface area contributed by atoms with Gasteiger partial charge in [0, 0.05) is 17.5 Å². The molecule has 1 fully saturated rings. The summed E-state index contributed by atoms with van der Waals surface area (Å²) in [5, 5.41) is 12.3. The number of carbonyl (C=O) groups is 1. The zero-order valence-corrected chi connectivity index (χ0v) is 11.1. The first-order valence-corrected chi connectivity index (χ1v) is 6.94. The van der Waals surface area contributed by atoms with Gasteiger partial charge in [0.25, 0.3) is 0 Å². The largest absolute Gasteiger partial charge is 0.497 e. The topological polar surface area (TPSA) is 58.6 Å². The van der Waals surface area contributed by atoms with Gasteiger partial charge in [-0.15, -0.1) is 0 Å². The second-order valence-corrected chi connectivity index (χ2v) is 5.60. The lowest BCUT2D eigenvalue weighted by atomic mass is 10.2. The van der Waals surface area contributed by atoms with E-state index in [2.05, 4.69) is 5.32 Å². The zero-order valence-electron chi connectivity index (χ0n) is 10.3. The molecule has 0 spiro atoms. The minimum atomic E-state index is -0.748. The molecule has 1 heterocycles. The number of methoxy groups -OCH3 is 1. The third kappa shape index (κ3) is 3.40. The number of rotatable bonds is 5. The van der Waals surface area contributed by atoms with Crippen molar-refractivity contribution in [3.63, 3.8) is 0 Å². The summed E-state index contributed by atoms with van der Waals surface area (Å²) in [6.45, 7) is 0.776. The number of hydrogen-bond acceptors (Lipinski definition) is 4. The Morgan fingerprint density at radius 2 is 2.22 bits per heavy atom. The fourth-order valence-electron chi connectivity index (χ4n) is 1.95. The van der Waals surface area contributed by atoms with E-state index in [1.54, 1.807) is 18.9 Å². The molecule has 4 nitrogen and oxygen atoms in total. The average molecular weight is 267 g/mol. The summed E-state index contributed by atoms with van der Waals surface area (Å²) in [5.41, 5.74) is 1.24. The molecule has 2 atom stereocenters. The van der Waals surface area contributed by atoms with Crippen molar-refractivity contribution < 1.29 is 14.6 Å². The number of carboxylic acid groups (broad SMARTS) is 1. The Bertz CT molecular complexity index is 407. The highest BCUT2D eigenvalue weighted by Gasteiger charge is 2.29. The smallest absolute Gasteiger partial charge is 0.320 e. The zero-order chi connectivity index (χ0) is 13.0. The Morgan fingerprint density at radius 1 is 1.50 bits per heavy atom. The van der Waals surface area contributed by atoms with E-state index in [9.17, 15) is 4.79 Å². The Balaban J connectivity index is 1.79. The number of ether oxygens (including phenoxy) is 1. The van der Waals surface area contributed by atoms with Gasteiger partial charge in [0.05, 0.1) is 7.11 Å². The van der Waals surface area contributed by atoms with Crippen LogP contribution >= 0.6 is 11.8 Å². The minimum absolute atomic E-state index is 0.377. The van der Waals surface area contributed by atoms with Crippen molar-refractivity contribution >= 4 is 17.7 Å². The van der Waals surface area contributed by atoms with Crippen molar-refractivity contribution in [1.29, 1.82) is 0 Å². The monoisotopic (exact) mass is 267 g/mol. The second-order valence-electron chi connectivity index (χ2n) is 4.32. The maximum atomic E-state index is 10.8. The Labute approximate surface area is 111 Å². The van der Waals surface area contributed by atoms with Crippen LogP contribution in [0.1, 0.15) is 12.0 Å². The third-order valence-electron chi connectivity index (χ3n) is 3.03. The number of hydrogen-bond donors (Lipinski definition) is 2. The van der Waals surface area contributed by atoms with Crippen LogP contribution in [0.3, 0.4) is 0 Å². The Morgan fingerprint density at radius 3 is 2.78 bits per heavy atom. The molecule has 1 aliphatic rings. The molecular weight excluding hydrogens is 250 g/mol. The molecule has 2 rings (SSSR count). The van der Waals surface area contributed by atoms with E-state index in [1.807, 2.05) is 24.3 Å². The van der Waals surface area contributed by atoms with Crippen molar-refractivity contribution in [2.75, 3.05) is 13.7 Å². The van der Waals surface area contributed by atoms with Crippen molar-refractivity contribution in [3.8, 4) is 5.75 Å². The summed E-state index contributed by atoms with van der Waals surface area (Å²) in [6.07, 6.45) is 0.705. The summed E-state index contributed by atoms with van der Waals surface area (Å²) in [6, 6.07) is 7.61. The van der Waals surface area contributed by atoms with Crippen LogP contribution in [0, 0.1) is 0 Å². The van der Waals surface area contributed by atoms with Crippen molar-refractivity contribution in [2.24, 2.45) is 0 Å². The molecule has 18 heavy (non-hydrogen) atoms. The normalized spacial score (nSPS) is 22.9. The molecule has 1 unspecified atom stereocenters. The van der Waals surface area contributed by atoms with Crippen LogP contribution in [0.25, 0.3) is 0 Å². The van der Waals surface area contributed by atoms with Gasteiger partial charge in [-0.25, -0.2) is 0 Å². The first-order valence-electron chi connectivity index (χ1n) is 5.90. The summed E-state index contributed by atoms with van der Waals surface area (Å²) >= 11 is 1.81. The first-order chi connectivity index (χ1) is 8.69. The highest BCUT2D eigenvalue weighted by atomic mass is 32.2. The number of thioether (sulfide) groups is 1. The van der Waals surface area contributed by atoms with Gasteiger partial charge in [0.15, 0.2) is 0 Å². The van der Waals surface area contributed by atoms with Gasteiger partial charge in [0.2, 0.25) is 0 Å². The Hall–Kier alpha value is -1.20. The lowest BCUT2D eigenvalue weighted by molar-refractivity contribution is -0.139. The van der Waals surface area contributed by atoms with Crippen molar-refractivity contribution in [1.82, 2.24) is 5.32 Å². The predicted molar refractivity (Wildman–Crippen MR) is 72.1 cm³/mol. The summed E-state index contributed by atoms with van der Waals surface area (Å²) in [7, 11) is 1.65. The van der Waals surface area contributed by atoms with Crippen LogP contribution in [0.4, 0.5) is 0 Å². The summed E-state index contributed by atoms with van der Waals surface area (Å²) in [4.78, 5) is 10.8. The number of aliphatic carboxylic acids is 1. The van der Waals surface area contributed by atoms with E-state index in [-0.39, 0.29) is 6.04 Å². The lowest BCUT2D eigenvalue weighted by Crippen LogP contribution is -2.29. The fraction of sp³-hybridized carbons (Fsp3) is 0.462. The molecule has 0 amide bonds. The van der Waals surface area contributed by atoms with E-state index in [1.165, 1.54) is 5.56 Å². The lowest BCUT2D eigenvalue weighted by Gasteiger charge is -2.08. The van der Waals surface area contributed by atoms with Crippen LogP contribution in [0.15, 0.2) is 24.3 Å². The van der Waals surface area contributed by atoms with Crippen molar-refractivity contribution in [2.45, 2.75) is 23.5 Å². The van der Waals surface area contributed by atoms with Crippen LogP contribution < -0.4 is 10.1 Å². The fourth-order valence-corrected chi connectivity index (χ4v) is 3.12. The SMILES string of the molecule is COc1ccc(CSC2CN[C@H](C(=O)O)C2)cc1. The minimum Gasteiger partial charge on any atom is -0.497 e. The predicted octanol–water partition coefficient (Wildman–Crippen LogP) is 1.74. The quantitative estimate of drug-likeness (QED) is 0.851. The molecule has 1 aromatic carbocycles. The van der Waals surface area contributed by atoms with Gasteiger partial charge >= 0.3 is 5.97 Å². The maximum absolute atomic E-state index is 10.8. The van der Waals surface area contributed by atoms with Gasteiger partial charge in [-0.2, -0.15) is 11.8 Å². The molecule has 0 bridgehead atoms. The van der Waals surface area contributed by atoms with E-state index in [0.29, 0.717) is 11.7 Å². The highest BCUT2D eigenvalue weighted by Crippen LogP contribution is 2.25. The molecule has 0 saturated carbocycles. The van der Waals surface area contributed by atoms with E-state index < -0.39 is 5.97 Å². The molecule has 1 aliphatic heterocycles. The maximum Gasteiger partial charge on any atom is 0.320 e. The highest BCUT2D eigenvalue weighted by molar-refractivity contribution is 7.99. The standard InChI is InChI=1S/C13H17NO3S/c1-17-10-4-2-9(3-5-10)8-18-11-6-12(13(15)16)14-7-11/h2-5,11-12,14H,6-8H2,1H3,(H,15,16)/t11?,12-/m0/s1. The van der Waals surface area contributed by atoms with Gasteiger partial charge in [-0.3, -0.25) is 4.79 Å². The average Bonchev–Trinajstić information content (AvgIpc) is 2.86. The summed E-state index contributed by atoms with van der Waals surface area (Å²) in [5.74, 6) is 1.02. The molecule has 0 aromatic heterocycles. The molecule has 0 aliphatic carbocycles. The van der Waals surface area contributed by atoms with Gasteiger partial charge in [-0.05, 0) is 24.1 Å². The molecular formula is C13H17NO3S. The van der Waals surface area contributed by atoms with Gasteiger partial charge < -0.3 is 15.2 Å². The molecule has 5 heteroatoms.